The molecule has 1 fully saturated rings. The molecular weight excluding hydrogens is 522 g/mol. The summed E-state index contributed by atoms with van der Waals surface area (Å²) < 4.78 is 7.01. The van der Waals surface area contributed by atoms with Crippen molar-refractivity contribution in [3.63, 3.8) is 0 Å². The number of hydrogen-bond donors (Lipinski definition) is 2. The maximum atomic E-state index is 12.2. The average Bonchev–Trinajstić information content (AvgIpc) is 2.94. The molecule has 152 valence electrons. The summed E-state index contributed by atoms with van der Waals surface area (Å²) >= 11 is 6.84. The number of carboxylic acids is 1. The molecule has 2 N–H and O–H groups in total. The molecular formula is C20H13Br2N3O5. The van der Waals surface area contributed by atoms with Crippen LogP contribution in [0.5, 0.6) is 5.75 Å². The molecule has 3 amide bonds. The summed E-state index contributed by atoms with van der Waals surface area (Å²) in [6, 6.07) is 11.8. The van der Waals surface area contributed by atoms with E-state index in [0.29, 0.717) is 30.7 Å². The number of halogens is 2. The molecule has 0 unspecified atom stereocenters. The zero-order valence-corrected chi connectivity index (χ0v) is 18.4. The fourth-order valence-electron chi connectivity index (χ4n) is 2.72. The molecule has 0 bridgehead atoms. The van der Waals surface area contributed by atoms with Crippen molar-refractivity contribution in [3.05, 3.63) is 67.7 Å². The second-order valence-corrected chi connectivity index (χ2v) is 7.85. The number of aliphatic carboxylic acids is 1. The van der Waals surface area contributed by atoms with Crippen LogP contribution in [0.3, 0.4) is 0 Å². The van der Waals surface area contributed by atoms with E-state index in [9.17, 15) is 19.6 Å². The first kappa shape index (κ1) is 21.5. The molecule has 2 aromatic carbocycles. The van der Waals surface area contributed by atoms with Crippen LogP contribution in [-0.2, 0) is 16.2 Å². The number of ether oxygens (including phenoxy) is 1. The van der Waals surface area contributed by atoms with Gasteiger partial charge in [-0.15, -0.1) is 0 Å². The van der Waals surface area contributed by atoms with Gasteiger partial charge in [0.05, 0.1) is 20.6 Å². The highest BCUT2D eigenvalue weighted by atomic mass is 79.9. The van der Waals surface area contributed by atoms with E-state index in [4.69, 9.17) is 9.84 Å². The van der Waals surface area contributed by atoms with Crippen LogP contribution < -0.4 is 10.1 Å². The van der Waals surface area contributed by atoms with Gasteiger partial charge in [0.25, 0.3) is 5.91 Å². The first-order valence-corrected chi connectivity index (χ1v) is 10.0. The summed E-state index contributed by atoms with van der Waals surface area (Å²) in [7, 11) is 0. The van der Waals surface area contributed by atoms with Crippen molar-refractivity contribution in [2.75, 3.05) is 6.54 Å². The van der Waals surface area contributed by atoms with Gasteiger partial charge in [-0.3, -0.25) is 9.59 Å². The highest BCUT2D eigenvalue weighted by Gasteiger charge is 2.34. The molecule has 1 aliphatic heterocycles. The van der Waals surface area contributed by atoms with Crippen LogP contribution in [0, 0.1) is 11.3 Å². The summed E-state index contributed by atoms with van der Waals surface area (Å²) in [6.45, 7) is -0.535. The van der Waals surface area contributed by atoms with Gasteiger partial charge in [0.15, 0.2) is 0 Å². The normalized spacial score (nSPS) is 14.6. The molecule has 0 aromatic heterocycles. The van der Waals surface area contributed by atoms with Gasteiger partial charge in [-0.25, -0.2) is 9.69 Å². The lowest BCUT2D eigenvalue weighted by molar-refractivity contribution is -0.140. The second-order valence-electron chi connectivity index (χ2n) is 6.14. The molecule has 30 heavy (non-hydrogen) atoms. The Hall–Kier alpha value is -3.16. The first-order chi connectivity index (χ1) is 14.3. The highest BCUT2D eigenvalue weighted by molar-refractivity contribution is 9.11. The smallest absolute Gasteiger partial charge is 0.329 e. The largest absolute Gasteiger partial charge is 0.486 e. The topological polar surface area (TPSA) is 120 Å². The molecule has 10 heteroatoms. The number of benzene rings is 2. The van der Waals surface area contributed by atoms with Crippen molar-refractivity contribution in [3.8, 4) is 11.8 Å². The van der Waals surface area contributed by atoms with Gasteiger partial charge in [-0.2, -0.15) is 5.26 Å². The second kappa shape index (κ2) is 9.11. The van der Waals surface area contributed by atoms with E-state index in [0.717, 1.165) is 5.56 Å². The van der Waals surface area contributed by atoms with E-state index in [1.807, 2.05) is 6.07 Å². The zero-order valence-electron chi connectivity index (χ0n) is 15.2. The van der Waals surface area contributed by atoms with Crippen LogP contribution in [0.25, 0.3) is 6.08 Å². The van der Waals surface area contributed by atoms with E-state index in [-0.39, 0.29) is 12.3 Å². The Kier molecular flexibility index (Phi) is 6.54. The minimum Gasteiger partial charge on any atom is -0.486 e. The van der Waals surface area contributed by atoms with Crippen LogP contribution in [0.1, 0.15) is 16.7 Å². The van der Waals surface area contributed by atoms with Gasteiger partial charge in [-0.1, -0.05) is 18.2 Å². The molecule has 2 aromatic rings. The van der Waals surface area contributed by atoms with Gasteiger partial charge >= 0.3 is 12.0 Å². The summed E-state index contributed by atoms with van der Waals surface area (Å²) in [5.74, 6) is -1.51. The Labute approximate surface area is 188 Å². The quantitative estimate of drug-likeness (QED) is 0.431. The minimum atomic E-state index is -1.29. The first-order valence-electron chi connectivity index (χ1n) is 8.46. The van der Waals surface area contributed by atoms with E-state index in [1.54, 1.807) is 30.3 Å². The number of rotatable bonds is 6. The van der Waals surface area contributed by atoms with Crippen LogP contribution in [0.15, 0.2) is 51.0 Å². The third kappa shape index (κ3) is 4.69. The van der Waals surface area contributed by atoms with Crippen molar-refractivity contribution in [2.45, 2.75) is 6.61 Å². The fourth-order valence-corrected chi connectivity index (χ4v) is 4.17. The van der Waals surface area contributed by atoms with E-state index < -0.39 is 24.5 Å². The maximum Gasteiger partial charge on any atom is 0.329 e. The van der Waals surface area contributed by atoms with Crippen molar-refractivity contribution < 1.29 is 24.2 Å². The van der Waals surface area contributed by atoms with Gasteiger partial charge in [0, 0.05) is 5.56 Å². The number of carboxylic acid groups (broad SMARTS) is 1. The number of nitrogens with one attached hydrogen (secondary N) is 1. The molecule has 1 aliphatic rings. The van der Waals surface area contributed by atoms with Crippen LogP contribution in [0.4, 0.5) is 4.79 Å². The Bertz CT molecular complexity index is 1100. The minimum absolute atomic E-state index is 0.0309. The lowest BCUT2D eigenvalue weighted by atomic mass is 10.1. The number of imide groups is 1. The maximum absolute atomic E-state index is 12.2. The van der Waals surface area contributed by atoms with E-state index >= 15 is 0 Å². The Morgan fingerprint density at radius 2 is 1.90 bits per heavy atom. The van der Waals surface area contributed by atoms with Crippen molar-refractivity contribution >= 4 is 55.8 Å². The third-order valence-corrected chi connectivity index (χ3v) is 5.28. The average molecular weight is 535 g/mol. The van der Waals surface area contributed by atoms with Crippen molar-refractivity contribution in [2.24, 2.45) is 0 Å². The number of amides is 3. The van der Waals surface area contributed by atoms with Crippen molar-refractivity contribution in [1.29, 1.82) is 5.26 Å². The molecule has 3 rings (SSSR count). The fraction of sp³-hybridized carbons (Fsp3) is 0.100. The Morgan fingerprint density at radius 3 is 2.53 bits per heavy atom. The van der Waals surface area contributed by atoms with Gasteiger partial charge in [0.2, 0.25) is 0 Å². The van der Waals surface area contributed by atoms with Crippen LogP contribution >= 0.6 is 31.9 Å². The molecule has 0 atom stereocenters. The molecule has 0 saturated carbocycles. The van der Waals surface area contributed by atoms with E-state index in [1.165, 1.54) is 6.08 Å². The Morgan fingerprint density at radius 1 is 1.23 bits per heavy atom. The molecule has 1 heterocycles. The van der Waals surface area contributed by atoms with Crippen LogP contribution in [-0.4, -0.2) is 34.5 Å². The molecule has 0 spiro atoms. The third-order valence-electron chi connectivity index (χ3n) is 4.10. The predicted octanol–water partition coefficient (Wildman–Crippen LogP) is 3.64. The SMILES string of the molecule is N#Cc1ccccc1COc1c(Br)cc(/C=C2/NC(=O)N(CC(=O)O)C2=O)cc1Br. The summed E-state index contributed by atoms with van der Waals surface area (Å²) in [5, 5.41) is 20.4. The predicted molar refractivity (Wildman–Crippen MR) is 113 cm³/mol. The summed E-state index contributed by atoms with van der Waals surface area (Å²) in [6.07, 6.45) is 1.44. The Balaban J connectivity index is 1.80. The summed E-state index contributed by atoms with van der Waals surface area (Å²) in [5.41, 5.74) is 1.80. The number of nitriles is 1. The molecule has 0 radical (unpaired) electrons. The molecule has 0 aliphatic carbocycles. The van der Waals surface area contributed by atoms with Gasteiger partial charge < -0.3 is 15.2 Å². The number of carbonyl (C=O) groups is 3. The summed E-state index contributed by atoms with van der Waals surface area (Å²) in [4.78, 5) is 35.5. The standard InChI is InChI=1S/C20H13Br2N3O5/c21-14-5-11(7-16-19(28)25(9-17(26)27)20(29)24-16)6-15(22)18(14)30-10-13-4-2-1-3-12(13)8-23/h1-7H,9-10H2,(H,24,29)(H,26,27)/b16-7+. The number of hydrogen-bond acceptors (Lipinski definition) is 5. The molecule has 1 saturated heterocycles. The number of carbonyl (C=O) groups excluding carboxylic acids is 2. The monoisotopic (exact) mass is 533 g/mol. The number of nitrogens with zero attached hydrogens (tertiary/aromatic N) is 2. The lowest BCUT2D eigenvalue weighted by Gasteiger charge is -2.12. The van der Waals surface area contributed by atoms with Gasteiger partial charge in [-0.05, 0) is 61.7 Å². The number of urea groups is 1. The van der Waals surface area contributed by atoms with E-state index in [2.05, 4.69) is 43.2 Å². The van der Waals surface area contributed by atoms with Crippen LogP contribution in [0.2, 0.25) is 0 Å². The highest BCUT2D eigenvalue weighted by Crippen LogP contribution is 2.36. The molecule has 8 nitrogen and oxygen atoms in total. The van der Waals surface area contributed by atoms with Crippen molar-refractivity contribution in [1.82, 2.24) is 10.2 Å². The van der Waals surface area contributed by atoms with Gasteiger partial charge in [0.1, 0.15) is 24.6 Å². The lowest BCUT2D eigenvalue weighted by Crippen LogP contribution is -2.35. The zero-order chi connectivity index (χ0) is 21.8.